The van der Waals surface area contributed by atoms with E-state index >= 15 is 0 Å². The van der Waals surface area contributed by atoms with Crippen molar-refractivity contribution in [3.63, 3.8) is 0 Å². The molecule has 0 fully saturated rings. The Morgan fingerprint density at radius 3 is 3.00 bits per heavy atom. The first-order valence-corrected chi connectivity index (χ1v) is 5.25. The van der Waals surface area contributed by atoms with Gasteiger partial charge in [0, 0.05) is 28.5 Å². The molecule has 16 heavy (non-hydrogen) atoms. The van der Waals surface area contributed by atoms with Crippen LogP contribution in [0.1, 0.15) is 0 Å². The molecular formula is C12H8ClN3. The summed E-state index contributed by atoms with van der Waals surface area (Å²) in [5.74, 6) is 0. The number of fused-ring (bicyclic) bond motifs is 1. The largest absolute Gasteiger partial charge is 0.345 e. The van der Waals surface area contributed by atoms with E-state index in [4.69, 9.17) is 11.6 Å². The van der Waals surface area contributed by atoms with Crippen molar-refractivity contribution in [1.82, 2.24) is 15.0 Å². The first-order valence-electron chi connectivity index (χ1n) is 4.87. The number of imidazole rings is 1. The molecule has 2 heterocycles. The van der Waals surface area contributed by atoms with Crippen molar-refractivity contribution in [2.45, 2.75) is 0 Å². The summed E-state index contributed by atoms with van der Waals surface area (Å²) >= 11 is 6.06. The summed E-state index contributed by atoms with van der Waals surface area (Å²) in [4.78, 5) is 11.4. The highest BCUT2D eigenvalue weighted by molar-refractivity contribution is 6.31. The third kappa shape index (κ3) is 1.46. The number of halogens is 1. The Morgan fingerprint density at radius 1 is 1.25 bits per heavy atom. The predicted molar refractivity (Wildman–Crippen MR) is 64.3 cm³/mol. The smallest absolute Gasteiger partial charge is 0.0962 e. The van der Waals surface area contributed by atoms with E-state index in [0.717, 1.165) is 22.2 Å². The zero-order valence-corrected chi connectivity index (χ0v) is 9.07. The van der Waals surface area contributed by atoms with Gasteiger partial charge in [-0.25, -0.2) is 4.98 Å². The number of nitrogens with one attached hydrogen (secondary N) is 1. The van der Waals surface area contributed by atoms with E-state index in [1.165, 1.54) is 0 Å². The second kappa shape index (κ2) is 3.61. The van der Waals surface area contributed by atoms with Gasteiger partial charge in [0.25, 0.3) is 0 Å². The zero-order chi connectivity index (χ0) is 11.0. The predicted octanol–water partition coefficient (Wildman–Crippen LogP) is 3.28. The average molecular weight is 230 g/mol. The highest BCUT2D eigenvalue weighted by Gasteiger charge is 2.07. The quantitative estimate of drug-likeness (QED) is 0.696. The molecular weight excluding hydrogens is 222 g/mol. The van der Waals surface area contributed by atoms with Crippen molar-refractivity contribution in [2.75, 3.05) is 0 Å². The van der Waals surface area contributed by atoms with E-state index in [1.54, 1.807) is 18.7 Å². The summed E-state index contributed by atoms with van der Waals surface area (Å²) in [6.07, 6.45) is 5.22. The Bertz CT molecular complexity index is 631. The number of hydrogen-bond acceptors (Lipinski definition) is 2. The lowest BCUT2D eigenvalue weighted by Gasteiger charge is -2.02. The minimum atomic E-state index is 0.690. The number of nitrogens with zero attached hydrogens (tertiary/aromatic N) is 2. The molecule has 0 aliphatic carbocycles. The van der Waals surface area contributed by atoms with Crippen molar-refractivity contribution < 1.29 is 0 Å². The fourth-order valence-corrected chi connectivity index (χ4v) is 1.98. The number of aromatic amines is 1. The maximum absolute atomic E-state index is 6.06. The van der Waals surface area contributed by atoms with Crippen LogP contribution in [0.25, 0.3) is 22.2 Å². The van der Waals surface area contributed by atoms with Crippen molar-refractivity contribution in [3.05, 3.63) is 48.0 Å². The summed E-state index contributed by atoms with van der Waals surface area (Å²) in [6.45, 7) is 0. The van der Waals surface area contributed by atoms with Crippen molar-refractivity contribution in [1.29, 1.82) is 0 Å². The maximum Gasteiger partial charge on any atom is 0.0962 e. The van der Waals surface area contributed by atoms with Crippen LogP contribution in [0.4, 0.5) is 0 Å². The third-order valence-corrected chi connectivity index (χ3v) is 2.68. The number of H-pyrrole nitrogens is 1. The van der Waals surface area contributed by atoms with Crippen LogP contribution < -0.4 is 0 Å². The molecule has 0 spiro atoms. The molecule has 0 aliphatic heterocycles. The summed E-state index contributed by atoms with van der Waals surface area (Å²) in [5.41, 5.74) is 3.86. The molecule has 2 aromatic heterocycles. The lowest BCUT2D eigenvalue weighted by atomic mass is 10.1. The number of aromatic nitrogens is 3. The van der Waals surface area contributed by atoms with Crippen LogP contribution in [0.5, 0.6) is 0 Å². The van der Waals surface area contributed by atoms with Crippen molar-refractivity contribution in [3.8, 4) is 11.1 Å². The van der Waals surface area contributed by atoms with E-state index in [9.17, 15) is 0 Å². The minimum absolute atomic E-state index is 0.690. The molecule has 3 nitrogen and oxygen atoms in total. The van der Waals surface area contributed by atoms with Gasteiger partial charge in [0.1, 0.15) is 0 Å². The van der Waals surface area contributed by atoms with Gasteiger partial charge in [-0.1, -0.05) is 17.7 Å². The number of hydrogen-bond donors (Lipinski definition) is 1. The van der Waals surface area contributed by atoms with E-state index in [0.29, 0.717) is 5.02 Å². The Hall–Kier alpha value is -1.87. The van der Waals surface area contributed by atoms with Crippen LogP contribution in [-0.4, -0.2) is 15.0 Å². The Morgan fingerprint density at radius 2 is 2.19 bits per heavy atom. The lowest BCUT2D eigenvalue weighted by molar-refractivity contribution is 1.33. The van der Waals surface area contributed by atoms with Gasteiger partial charge in [-0.2, -0.15) is 0 Å². The molecule has 4 heteroatoms. The fourth-order valence-electron chi connectivity index (χ4n) is 1.76. The topological polar surface area (TPSA) is 41.6 Å². The van der Waals surface area contributed by atoms with Gasteiger partial charge in [0.15, 0.2) is 0 Å². The molecule has 0 radical (unpaired) electrons. The molecule has 0 unspecified atom stereocenters. The SMILES string of the molecule is Clc1cc(-c2cccnc2)c2nc[nH]c2c1. The number of pyridine rings is 1. The summed E-state index contributed by atoms with van der Waals surface area (Å²) in [5, 5.41) is 0.690. The first kappa shape index (κ1) is 9.36. The third-order valence-electron chi connectivity index (χ3n) is 2.46. The fraction of sp³-hybridized carbons (Fsp3) is 0. The second-order valence-corrected chi connectivity index (χ2v) is 3.93. The van der Waals surface area contributed by atoms with Crippen LogP contribution in [0, 0.1) is 0 Å². The van der Waals surface area contributed by atoms with Gasteiger partial charge in [-0.3, -0.25) is 4.98 Å². The first-order chi connectivity index (χ1) is 7.84. The van der Waals surface area contributed by atoms with Gasteiger partial charge < -0.3 is 4.98 Å². The molecule has 3 aromatic rings. The summed E-state index contributed by atoms with van der Waals surface area (Å²) in [7, 11) is 0. The average Bonchev–Trinajstić information content (AvgIpc) is 2.77. The normalized spacial score (nSPS) is 10.8. The maximum atomic E-state index is 6.06. The van der Waals surface area contributed by atoms with E-state index < -0.39 is 0 Å². The standard InChI is InChI=1S/C12H8ClN3/c13-9-4-10(8-2-1-3-14-6-8)12-11(5-9)15-7-16-12/h1-7H,(H,15,16). The highest BCUT2D eigenvalue weighted by Crippen LogP contribution is 2.29. The van der Waals surface area contributed by atoms with Crippen LogP contribution in [0.2, 0.25) is 5.02 Å². The van der Waals surface area contributed by atoms with E-state index in [-0.39, 0.29) is 0 Å². The van der Waals surface area contributed by atoms with Gasteiger partial charge in [0.05, 0.1) is 17.4 Å². The van der Waals surface area contributed by atoms with E-state index in [1.807, 2.05) is 24.3 Å². The van der Waals surface area contributed by atoms with Gasteiger partial charge in [-0.05, 0) is 18.2 Å². The van der Waals surface area contributed by atoms with Crippen molar-refractivity contribution >= 4 is 22.6 Å². The molecule has 1 N–H and O–H groups in total. The molecule has 3 rings (SSSR count). The molecule has 0 atom stereocenters. The Balaban J connectivity index is 2.34. The highest BCUT2D eigenvalue weighted by atomic mass is 35.5. The Labute approximate surface area is 97.1 Å². The number of benzene rings is 1. The Kier molecular flexibility index (Phi) is 2.11. The second-order valence-electron chi connectivity index (χ2n) is 3.49. The summed E-state index contributed by atoms with van der Waals surface area (Å²) < 4.78 is 0. The van der Waals surface area contributed by atoms with Crippen LogP contribution in [-0.2, 0) is 0 Å². The summed E-state index contributed by atoms with van der Waals surface area (Å²) in [6, 6.07) is 7.66. The molecule has 0 amide bonds. The molecule has 78 valence electrons. The van der Waals surface area contributed by atoms with Gasteiger partial charge in [0.2, 0.25) is 0 Å². The minimum Gasteiger partial charge on any atom is -0.345 e. The monoisotopic (exact) mass is 229 g/mol. The molecule has 0 saturated carbocycles. The van der Waals surface area contributed by atoms with E-state index in [2.05, 4.69) is 15.0 Å². The van der Waals surface area contributed by atoms with Gasteiger partial charge >= 0.3 is 0 Å². The van der Waals surface area contributed by atoms with Crippen LogP contribution in [0.15, 0.2) is 43.0 Å². The van der Waals surface area contributed by atoms with Crippen LogP contribution >= 0.6 is 11.6 Å². The molecule has 0 bridgehead atoms. The van der Waals surface area contributed by atoms with Gasteiger partial charge in [-0.15, -0.1) is 0 Å². The zero-order valence-electron chi connectivity index (χ0n) is 8.31. The molecule has 0 saturated heterocycles. The number of rotatable bonds is 1. The molecule has 0 aliphatic rings. The molecule has 1 aromatic carbocycles. The lowest BCUT2D eigenvalue weighted by Crippen LogP contribution is -1.82. The van der Waals surface area contributed by atoms with Crippen LogP contribution in [0.3, 0.4) is 0 Å². The van der Waals surface area contributed by atoms with Crippen molar-refractivity contribution in [2.24, 2.45) is 0 Å².